The van der Waals surface area contributed by atoms with Crippen LogP contribution in [0.3, 0.4) is 0 Å². The third-order valence-corrected chi connectivity index (χ3v) is 5.47. The number of imidazole rings is 1. The van der Waals surface area contributed by atoms with Crippen molar-refractivity contribution in [3.63, 3.8) is 0 Å². The predicted octanol–water partition coefficient (Wildman–Crippen LogP) is 5.93. The van der Waals surface area contributed by atoms with Crippen LogP contribution >= 0.6 is 0 Å². The molecule has 0 bridgehead atoms. The van der Waals surface area contributed by atoms with E-state index in [0.717, 1.165) is 38.8 Å². The zero-order valence-corrected chi connectivity index (χ0v) is 17.6. The molecule has 1 atom stereocenters. The van der Waals surface area contributed by atoms with E-state index in [4.69, 9.17) is 4.98 Å². The van der Waals surface area contributed by atoms with Crippen LogP contribution in [0.4, 0.5) is 4.39 Å². The molecule has 0 fully saturated rings. The molecule has 0 aliphatic heterocycles. The molecule has 1 aliphatic carbocycles. The Hall–Kier alpha value is -2.86. The Balaban J connectivity index is 0.00000117. The fourth-order valence-electron chi connectivity index (χ4n) is 3.08. The molecule has 150 valence electrons. The average Bonchev–Trinajstić information content (AvgIpc) is 3.22. The van der Waals surface area contributed by atoms with Crippen LogP contribution in [0, 0.1) is 0 Å². The van der Waals surface area contributed by atoms with Gasteiger partial charge in [-0.3, -0.25) is 9.19 Å². The zero-order chi connectivity index (χ0) is 20.8. The molecule has 1 unspecified atom stereocenters. The molecule has 1 aliphatic rings. The Kier molecular flexibility index (Phi) is 6.88. The Morgan fingerprint density at radius 3 is 2.24 bits per heavy atom. The first-order valence-electron chi connectivity index (χ1n) is 9.61. The van der Waals surface area contributed by atoms with Gasteiger partial charge in [-0.1, -0.05) is 32.1 Å². The van der Waals surface area contributed by atoms with Crippen molar-refractivity contribution in [2.24, 2.45) is 0 Å². The lowest BCUT2D eigenvalue weighted by Gasteiger charge is -2.10. The van der Waals surface area contributed by atoms with Crippen LogP contribution in [-0.2, 0) is 10.8 Å². The molecule has 2 heterocycles. The topological polar surface area (TPSA) is 58.6 Å². The molecule has 0 spiro atoms. The number of allylic oxidation sites excluding steroid dienone is 4. The Bertz CT molecular complexity index is 1050. The van der Waals surface area contributed by atoms with Gasteiger partial charge in [-0.2, -0.15) is 0 Å². The van der Waals surface area contributed by atoms with Gasteiger partial charge in [-0.05, 0) is 42.3 Å². The summed E-state index contributed by atoms with van der Waals surface area (Å²) in [5, 5.41) is 0. The minimum Gasteiger partial charge on any atom is -0.337 e. The van der Waals surface area contributed by atoms with Crippen molar-refractivity contribution in [1.29, 1.82) is 0 Å². The van der Waals surface area contributed by atoms with Gasteiger partial charge in [0.2, 0.25) is 0 Å². The molecule has 1 aromatic carbocycles. The SMILES string of the molecule is CC.CS(=O)c1ccc(-c2nc(C3=CC=C(F)CC3)c(-c3ccncc3)[nH]2)cc1. The molecule has 1 N–H and O–H groups in total. The number of rotatable bonds is 4. The maximum atomic E-state index is 13.4. The summed E-state index contributed by atoms with van der Waals surface area (Å²) in [4.78, 5) is 13.1. The number of aromatic amines is 1. The first-order valence-corrected chi connectivity index (χ1v) is 11.2. The lowest BCUT2D eigenvalue weighted by molar-refractivity contribution is 0.590. The summed E-state index contributed by atoms with van der Waals surface area (Å²) in [5.41, 5.74) is 4.59. The number of pyridine rings is 1. The molecule has 0 radical (unpaired) electrons. The first-order chi connectivity index (χ1) is 14.1. The van der Waals surface area contributed by atoms with Crippen molar-refractivity contribution < 1.29 is 8.60 Å². The molecule has 3 aromatic rings. The minimum absolute atomic E-state index is 0.108. The number of aromatic nitrogens is 3. The Morgan fingerprint density at radius 2 is 1.66 bits per heavy atom. The number of nitrogens with zero attached hydrogens (tertiary/aromatic N) is 2. The van der Waals surface area contributed by atoms with E-state index in [0.29, 0.717) is 12.8 Å². The highest BCUT2D eigenvalue weighted by atomic mass is 32.2. The molecule has 4 rings (SSSR count). The number of H-pyrrole nitrogens is 1. The van der Waals surface area contributed by atoms with Gasteiger partial charge in [0.1, 0.15) is 11.7 Å². The van der Waals surface area contributed by atoms with Crippen molar-refractivity contribution in [3.05, 3.63) is 72.5 Å². The highest BCUT2D eigenvalue weighted by molar-refractivity contribution is 7.84. The normalized spacial score (nSPS) is 14.3. The molecule has 6 heteroatoms. The molecule has 0 saturated carbocycles. The van der Waals surface area contributed by atoms with Gasteiger partial charge in [0.25, 0.3) is 0 Å². The van der Waals surface area contributed by atoms with Crippen molar-refractivity contribution in [2.45, 2.75) is 31.6 Å². The van der Waals surface area contributed by atoms with Gasteiger partial charge in [0, 0.05) is 51.9 Å². The number of nitrogens with one attached hydrogen (secondary N) is 1. The highest BCUT2D eigenvalue weighted by Gasteiger charge is 2.18. The standard InChI is InChI=1S/C21H18FN3OS.C2H6/c1-27(26)18-8-4-16(5-9-18)21-24-19(14-2-6-17(22)7-3-14)20(25-21)15-10-12-23-13-11-15;1-2/h2,4-6,8-13H,3,7H2,1H3,(H,24,25);1-2H3. The number of halogens is 1. The summed E-state index contributed by atoms with van der Waals surface area (Å²) in [5.74, 6) is 0.615. The molecule has 0 amide bonds. The van der Waals surface area contributed by atoms with Crippen LogP contribution in [0.2, 0.25) is 0 Å². The lowest BCUT2D eigenvalue weighted by Crippen LogP contribution is -1.94. The summed E-state index contributed by atoms with van der Waals surface area (Å²) in [6, 6.07) is 11.3. The fourth-order valence-corrected chi connectivity index (χ4v) is 3.60. The largest absolute Gasteiger partial charge is 0.337 e. The van der Waals surface area contributed by atoms with E-state index in [2.05, 4.69) is 9.97 Å². The second-order valence-corrected chi connectivity index (χ2v) is 7.71. The van der Waals surface area contributed by atoms with Crippen LogP contribution < -0.4 is 0 Å². The lowest BCUT2D eigenvalue weighted by atomic mass is 9.98. The second-order valence-electron chi connectivity index (χ2n) is 6.33. The smallest absolute Gasteiger partial charge is 0.138 e. The predicted molar refractivity (Wildman–Crippen MR) is 117 cm³/mol. The van der Waals surface area contributed by atoms with Crippen LogP contribution in [0.25, 0.3) is 28.2 Å². The van der Waals surface area contributed by atoms with E-state index in [1.807, 2.05) is 50.2 Å². The van der Waals surface area contributed by atoms with Crippen LogP contribution in [0.1, 0.15) is 32.4 Å². The second kappa shape index (κ2) is 9.56. The van der Waals surface area contributed by atoms with Crippen LogP contribution in [-0.4, -0.2) is 25.4 Å². The summed E-state index contributed by atoms with van der Waals surface area (Å²) < 4.78 is 25.0. The van der Waals surface area contributed by atoms with E-state index < -0.39 is 10.8 Å². The van der Waals surface area contributed by atoms with E-state index in [-0.39, 0.29) is 5.83 Å². The molecular weight excluding hydrogens is 385 g/mol. The average molecular weight is 410 g/mol. The summed E-state index contributed by atoms with van der Waals surface area (Å²) in [7, 11) is -1.02. The number of benzene rings is 1. The van der Waals surface area contributed by atoms with Gasteiger partial charge in [0.05, 0.1) is 11.4 Å². The Labute approximate surface area is 173 Å². The van der Waals surface area contributed by atoms with Crippen molar-refractivity contribution in [1.82, 2.24) is 15.0 Å². The molecule has 2 aromatic heterocycles. The Morgan fingerprint density at radius 1 is 0.966 bits per heavy atom. The van der Waals surface area contributed by atoms with Crippen molar-refractivity contribution >= 4 is 16.4 Å². The number of hydrogen-bond donors (Lipinski definition) is 1. The third-order valence-electron chi connectivity index (χ3n) is 4.54. The van der Waals surface area contributed by atoms with E-state index in [1.165, 1.54) is 6.08 Å². The summed E-state index contributed by atoms with van der Waals surface area (Å²) in [6.45, 7) is 4.00. The summed E-state index contributed by atoms with van der Waals surface area (Å²) >= 11 is 0. The van der Waals surface area contributed by atoms with Crippen LogP contribution in [0.15, 0.2) is 71.7 Å². The first kappa shape index (κ1) is 20.9. The van der Waals surface area contributed by atoms with Gasteiger partial charge in [0.15, 0.2) is 0 Å². The van der Waals surface area contributed by atoms with Crippen molar-refractivity contribution in [3.8, 4) is 22.6 Å². The van der Waals surface area contributed by atoms with Gasteiger partial charge < -0.3 is 4.98 Å². The van der Waals surface area contributed by atoms with Crippen molar-refractivity contribution in [2.75, 3.05) is 6.26 Å². The third kappa shape index (κ3) is 4.77. The van der Waals surface area contributed by atoms with Gasteiger partial charge in [-0.25, -0.2) is 9.37 Å². The monoisotopic (exact) mass is 409 g/mol. The van der Waals surface area contributed by atoms with Gasteiger partial charge in [-0.15, -0.1) is 0 Å². The molecule has 29 heavy (non-hydrogen) atoms. The highest BCUT2D eigenvalue weighted by Crippen LogP contribution is 2.34. The maximum absolute atomic E-state index is 13.4. The quantitative estimate of drug-likeness (QED) is 0.581. The number of hydrogen-bond acceptors (Lipinski definition) is 3. The van der Waals surface area contributed by atoms with E-state index in [9.17, 15) is 8.60 Å². The van der Waals surface area contributed by atoms with E-state index >= 15 is 0 Å². The minimum atomic E-state index is -1.02. The molecule has 4 nitrogen and oxygen atoms in total. The molecular formula is C23H24FN3OS. The van der Waals surface area contributed by atoms with Gasteiger partial charge >= 0.3 is 0 Å². The molecule has 0 saturated heterocycles. The fraction of sp³-hybridized carbons (Fsp3) is 0.217. The summed E-state index contributed by atoms with van der Waals surface area (Å²) in [6.07, 6.45) is 9.43. The van der Waals surface area contributed by atoms with Crippen LogP contribution in [0.5, 0.6) is 0 Å². The zero-order valence-electron chi connectivity index (χ0n) is 16.8. The maximum Gasteiger partial charge on any atom is 0.138 e. The van der Waals surface area contributed by atoms with E-state index in [1.54, 1.807) is 24.7 Å².